The van der Waals surface area contributed by atoms with Crippen molar-refractivity contribution in [2.75, 3.05) is 18.5 Å². The van der Waals surface area contributed by atoms with E-state index < -0.39 is 0 Å². The number of hydrogen-bond donors (Lipinski definition) is 1. The highest BCUT2D eigenvalue weighted by atomic mass is 16.6. The molecule has 0 saturated carbocycles. The second-order valence-corrected chi connectivity index (χ2v) is 6.60. The van der Waals surface area contributed by atoms with Gasteiger partial charge in [0.2, 0.25) is 5.91 Å². The van der Waals surface area contributed by atoms with Gasteiger partial charge >= 0.3 is 0 Å². The Morgan fingerprint density at radius 3 is 2.48 bits per heavy atom. The monoisotopic (exact) mass is 388 g/mol. The van der Waals surface area contributed by atoms with E-state index in [2.05, 4.69) is 10.3 Å². The van der Waals surface area contributed by atoms with E-state index in [1.165, 1.54) is 0 Å². The molecule has 0 aliphatic carbocycles. The Morgan fingerprint density at radius 2 is 1.66 bits per heavy atom. The lowest BCUT2D eigenvalue weighted by Crippen LogP contribution is -2.15. The van der Waals surface area contributed by atoms with E-state index in [0.29, 0.717) is 41.8 Å². The summed E-state index contributed by atoms with van der Waals surface area (Å²) in [7, 11) is 0. The van der Waals surface area contributed by atoms with Gasteiger partial charge in [-0.1, -0.05) is 36.4 Å². The number of nitrogens with one attached hydrogen (secondary N) is 1. The van der Waals surface area contributed by atoms with Crippen LogP contribution in [0.5, 0.6) is 11.5 Å². The number of nitrogens with zero attached hydrogens (tertiary/aromatic N) is 1. The summed E-state index contributed by atoms with van der Waals surface area (Å²) in [5.74, 6) is 1.53. The topological polar surface area (TPSA) is 77.5 Å². The lowest BCUT2D eigenvalue weighted by molar-refractivity contribution is -0.116. The number of anilines is 1. The van der Waals surface area contributed by atoms with Crippen molar-refractivity contribution in [2.24, 2.45) is 0 Å². The molecule has 146 valence electrons. The molecule has 29 heavy (non-hydrogen) atoms. The summed E-state index contributed by atoms with van der Waals surface area (Å²) in [6.45, 7) is 1.06. The summed E-state index contributed by atoms with van der Waals surface area (Å²) in [5.41, 5.74) is 2.18. The summed E-state index contributed by atoms with van der Waals surface area (Å²) in [5, 5.41) is 2.76. The highest BCUT2D eigenvalue weighted by Crippen LogP contribution is 2.34. The molecule has 6 nitrogen and oxygen atoms in total. The molecule has 4 rings (SSSR count). The molecule has 1 amide bonds. The molecule has 0 spiro atoms. The Morgan fingerprint density at radius 1 is 0.862 bits per heavy atom. The molecular formula is C23H20N2O4. The number of aromatic nitrogens is 1. The normalized spacial score (nSPS) is 12.3. The minimum Gasteiger partial charge on any atom is -0.486 e. The zero-order chi connectivity index (χ0) is 20.1. The van der Waals surface area contributed by atoms with Gasteiger partial charge in [-0.3, -0.25) is 9.59 Å². The van der Waals surface area contributed by atoms with Crippen LogP contribution in [0.2, 0.25) is 0 Å². The zero-order valence-corrected chi connectivity index (χ0v) is 15.8. The van der Waals surface area contributed by atoms with E-state index in [-0.39, 0.29) is 24.5 Å². The first kappa shape index (κ1) is 18.7. The highest BCUT2D eigenvalue weighted by Gasteiger charge is 2.14. The molecule has 2 aromatic carbocycles. The molecule has 0 unspecified atom stereocenters. The summed E-state index contributed by atoms with van der Waals surface area (Å²) in [6.07, 6.45) is 0.251. The zero-order valence-electron chi connectivity index (χ0n) is 15.8. The highest BCUT2D eigenvalue weighted by molar-refractivity contribution is 5.99. The molecule has 2 heterocycles. The molecule has 3 aromatic rings. The fourth-order valence-electron chi connectivity index (χ4n) is 3.07. The first-order valence-electron chi connectivity index (χ1n) is 9.44. The van der Waals surface area contributed by atoms with Gasteiger partial charge in [-0.25, -0.2) is 4.98 Å². The Bertz CT molecular complexity index is 1030. The molecular weight excluding hydrogens is 368 g/mol. The minimum absolute atomic E-state index is 0.0567. The number of fused-ring (bicyclic) bond motifs is 1. The van der Waals surface area contributed by atoms with Gasteiger partial charge in [-0.2, -0.15) is 0 Å². The lowest BCUT2D eigenvalue weighted by atomic mass is 10.1. The van der Waals surface area contributed by atoms with E-state index in [1.54, 1.807) is 30.3 Å². The van der Waals surface area contributed by atoms with Gasteiger partial charge in [0.05, 0.1) is 5.69 Å². The van der Waals surface area contributed by atoms with Crippen LogP contribution in [0, 0.1) is 0 Å². The Balaban J connectivity index is 1.40. The van der Waals surface area contributed by atoms with Gasteiger partial charge in [-0.15, -0.1) is 0 Å². The molecule has 1 aliphatic rings. The fourth-order valence-corrected chi connectivity index (χ4v) is 3.07. The Kier molecular flexibility index (Phi) is 5.52. The molecule has 0 saturated heterocycles. The lowest BCUT2D eigenvalue weighted by Gasteiger charge is -2.18. The van der Waals surface area contributed by atoms with Crippen molar-refractivity contribution in [1.82, 2.24) is 4.98 Å². The van der Waals surface area contributed by atoms with Gasteiger partial charge in [0.25, 0.3) is 0 Å². The summed E-state index contributed by atoms with van der Waals surface area (Å²) in [4.78, 5) is 28.9. The van der Waals surface area contributed by atoms with Crippen LogP contribution in [-0.4, -0.2) is 29.9 Å². The van der Waals surface area contributed by atoms with E-state index in [4.69, 9.17) is 9.47 Å². The number of rotatable bonds is 6. The second kappa shape index (κ2) is 8.56. The number of carbonyl (C=O) groups excluding carboxylic acids is 2. The van der Waals surface area contributed by atoms with Crippen molar-refractivity contribution in [1.29, 1.82) is 0 Å². The maximum atomic E-state index is 12.2. The number of pyridine rings is 1. The van der Waals surface area contributed by atoms with Gasteiger partial charge in [0.15, 0.2) is 17.3 Å². The summed E-state index contributed by atoms with van der Waals surface area (Å²) < 4.78 is 11.2. The number of carbonyl (C=O) groups is 2. The number of ether oxygens (including phenoxy) is 2. The molecule has 1 aromatic heterocycles. The molecule has 0 fully saturated rings. The molecule has 1 N–H and O–H groups in total. The number of amides is 1. The third-order valence-corrected chi connectivity index (χ3v) is 4.53. The van der Waals surface area contributed by atoms with Crippen molar-refractivity contribution in [3.8, 4) is 22.8 Å². The molecule has 0 bridgehead atoms. The van der Waals surface area contributed by atoms with Crippen LogP contribution in [0.3, 0.4) is 0 Å². The SMILES string of the molecule is O=C(CCC(=O)c1ccccc1)Nc1cccc(-c2ccc3c(c2)OCCO3)n1. The van der Waals surface area contributed by atoms with Crippen molar-refractivity contribution in [2.45, 2.75) is 12.8 Å². The largest absolute Gasteiger partial charge is 0.486 e. The Labute approximate surface area is 168 Å². The van der Waals surface area contributed by atoms with Crippen LogP contribution in [0.15, 0.2) is 66.7 Å². The van der Waals surface area contributed by atoms with Crippen molar-refractivity contribution < 1.29 is 19.1 Å². The van der Waals surface area contributed by atoms with E-state index in [9.17, 15) is 9.59 Å². The minimum atomic E-state index is -0.249. The maximum absolute atomic E-state index is 12.2. The van der Waals surface area contributed by atoms with Crippen LogP contribution in [0.1, 0.15) is 23.2 Å². The van der Waals surface area contributed by atoms with Gasteiger partial charge in [0.1, 0.15) is 19.0 Å². The number of ketones is 1. The molecule has 1 aliphatic heterocycles. The predicted molar refractivity (Wildman–Crippen MR) is 109 cm³/mol. The predicted octanol–water partition coefficient (Wildman–Crippen LogP) is 4.12. The van der Waals surface area contributed by atoms with E-state index >= 15 is 0 Å². The standard InChI is InChI=1S/C23H20N2O4/c26-19(16-5-2-1-3-6-16)10-12-23(27)25-22-8-4-7-18(24-22)17-9-11-20-21(15-17)29-14-13-28-20/h1-9,11,15H,10,12-14H2,(H,24,25,27). The average molecular weight is 388 g/mol. The summed E-state index contributed by atoms with van der Waals surface area (Å²) in [6, 6.07) is 20.0. The molecule has 0 atom stereocenters. The number of hydrogen-bond acceptors (Lipinski definition) is 5. The van der Waals surface area contributed by atoms with Gasteiger partial charge < -0.3 is 14.8 Å². The average Bonchev–Trinajstić information content (AvgIpc) is 2.78. The van der Waals surface area contributed by atoms with Crippen molar-refractivity contribution in [3.05, 3.63) is 72.3 Å². The summed E-state index contributed by atoms with van der Waals surface area (Å²) >= 11 is 0. The fraction of sp³-hybridized carbons (Fsp3) is 0.174. The first-order chi connectivity index (χ1) is 14.2. The van der Waals surface area contributed by atoms with Crippen LogP contribution < -0.4 is 14.8 Å². The Hall–Kier alpha value is -3.67. The van der Waals surface area contributed by atoms with E-state index in [1.807, 2.05) is 36.4 Å². The smallest absolute Gasteiger partial charge is 0.225 e. The quantitative estimate of drug-likeness (QED) is 0.643. The van der Waals surface area contributed by atoms with Crippen molar-refractivity contribution >= 4 is 17.5 Å². The number of benzene rings is 2. The van der Waals surface area contributed by atoms with Gasteiger partial charge in [-0.05, 0) is 30.3 Å². The third kappa shape index (κ3) is 4.60. The van der Waals surface area contributed by atoms with Crippen LogP contribution in [-0.2, 0) is 4.79 Å². The van der Waals surface area contributed by atoms with E-state index in [0.717, 1.165) is 5.56 Å². The van der Waals surface area contributed by atoms with Crippen LogP contribution in [0.25, 0.3) is 11.3 Å². The molecule has 0 radical (unpaired) electrons. The second-order valence-electron chi connectivity index (χ2n) is 6.60. The number of Topliss-reactive ketones (excluding diaryl/α,β-unsaturated/α-hetero) is 1. The third-order valence-electron chi connectivity index (χ3n) is 4.53. The van der Waals surface area contributed by atoms with Crippen LogP contribution >= 0.6 is 0 Å². The van der Waals surface area contributed by atoms with Crippen LogP contribution in [0.4, 0.5) is 5.82 Å². The van der Waals surface area contributed by atoms with Gasteiger partial charge in [0, 0.05) is 24.0 Å². The van der Waals surface area contributed by atoms with Crippen molar-refractivity contribution in [3.63, 3.8) is 0 Å². The molecule has 6 heteroatoms. The first-order valence-corrected chi connectivity index (χ1v) is 9.44. The maximum Gasteiger partial charge on any atom is 0.225 e.